The Morgan fingerprint density at radius 1 is 1.44 bits per heavy atom. The average Bonchev–Trinajstić information content (AvgIpc) is 1.59. The van der Waals surface area contributed by atoms with Crippen LogP contribution in [-0.4, -0.2) is 29.2 Å². The fraction of sp³-hybridized carbons (Fsp3) is 1.00. The van der Waals surface area contributed by atoms with Gasteiger partial charge < -0.3 is 14.9 Å². The Kier molecular flexibility index (Phi) is 6.61. The summed E-state index contributed by atoms with van der Waals surface area (Å²) in [5.74, 6) is -1.11. The Morgan fingerprint density at radius 3 is 2.00 bits per heavy atom. The van der Waals surface area contributed by atoms with Crippen LogP contribution in [0.15, 0.2) is 0 Å². The fourth-order valence-corrected chi connectivity index (χ4v) is 0.295. The SMILES string of the molecule is CC(C)(O)OCCO.Cl. The molecular formula is C5H13ClO3. The molecule has 0 aromatic rings. The Labute approximate surface area is 61.1 Å². The smallest absolute Gasteiger partial charge is 0.159 e. The lowest BCUT2D eigenvalue weighted by Crippen LogP contribution is -2.24. The molecule has 0 fully saturated rings. The minimum absolute atomic E-state index is 0. The van der Waals surface area contributed by atoms with Gasteiger partial charge in [-0.3, -0.25) is 0 Å². The lowest BCUT2D eigenvalue weighted by molar-refractivity contribution is -0.180. The van der Waals surface area contributed by atoms with Gasteiger partial charge in [0.15, 0.2) is 5.79 Å². The lowest BCUT2D eigenvalue weighted by Gasteiger charge is -2.16. The normalized spacial score (nSPS) is 10.7. The summed E-state index contributed by atoms with van der Waals surface area (Å²) in [7, 11) is 0. The number of hydrogen-bond donors (Lipinski definition) is 2. The van der Waals surface area contributed by atoms with Crippen LogP contribution in [0.2, 0.25) is 0 Å². The van der Waals surface area contributed by atoms with Crippen molar-refractivity contribution in [2.45, 2.75) is 19.6 Å². The summed E-state index contributed by atoms with van der Waals surface area (Å²) in [5.41, 5.74) is 0. The second kappa shape index (κ2) is 4.99. The van der Waals surface area contributed by atoms with Crippen molar-refractivity contribution < 1.29 is 14.9 Å². The van der Waals surface area contributed by atoms with E-state index in [-0.39, 0.29) is 25.6 Å². The third kappa shape index (κ3) is 11.6. The van der Waals surface area contributed by atoms with Crippen molar-refractivity contribution in [2.24, 2.45) is 0 Å². The van der Waals surface area contributed by atoms with Crippen LogP contribution >= 0.6 is 12.4 Å². The Hall–Kier alpha value is 0.170. The predicted molar refractivity (Wildman–Crippen MR) is 36.6 cm³/mol. The molecule has 0 unspecified atom stereocenters. The molecule has 0 saturated carbocycles. The largest absolute Gasteiger partial charge is 0.394 e. The molecule has 0 bridgehead atoms. The van der Waals surface area contributed by atoms with Gasteiger partial charge in [-0.2, -0.15) is 0 Å². The third-order valence-corrected chi connectivity index (χ3v) is 0.547. The van der Waals surface area contributed by atoms with Crippen molar-refractivity contribution >= 4 is 12.4 Å². The van der Waals surface area contributed by atoms with Crippen molar-refractivity contribution in [3.63, 3.8) is 0 Å². The number of aliphatic hydroxyl groups is 2. The van der Waals surface area contributed by atoms with Gasteiger partial charge in [0.1, 0.15) is 0 Å². The van der Waals surface area contributed by atoms with E-state index in [1.54, 1.807) is 0 Å². The summed E-state index contributed by atoms with van der Waals surface area (Å²) in [6.45, 7) is 3.17. The van der Waals surface area contributed by atoms with Crippen LogP contribution in [-0.2, 0) is 4.74 Å². The monoisotopic (exact) mass is 156 g/mol. The molecule has 9 heavy (non-hydrogen) atoms. The van der Waals surface area contributed by atoms with Gasteiger partial charge in [-0.25, -0.2) is 0 Å². The summed E-state index contributed by atoms with van der Waals surface area (Å²) < 4.78 is 4.68. The first-order valence-electron chi connectivity index (χ1n) is 2.53. The molecule has 0 saturated heterocycles. The van der Waals surface area contributed by atoms with Gasteiger partial charge >= 0.3 is 0 Å². The van der Waals surface area contributed by atoms with Crippen LogP contribution in [0.1, 0.15) is 13.8 Å². The summed E-state index contributed by atoms with van der Waals surface area (Å²) in [5, 5.41) is 17.0. The van der Waals surface area contributed by atoms with Crippen molar-refractivity contribution in [1.29, 1.82) is 0 Å². The highest BCUT2D eigenvalue weighted by Gasteiger charge is 2.10. The Morgan fingerprint density at radius 2 is 1.89 bits per heavy atom. The van der Waals surface area contributed by atoms with Crippen LogP contribution < -0.4 is 0 Å². The van der Waals surface area contributed by atoms with Gasteiger partial charge in [-0.15, -0.1) is 12.4 Å². The van der Waals surface area contributed by atoms with Gasteiger partial charge in [0.25, 0.3) is 0 Å². The van der Waals surface area contributed by atoms with Gasteiger partial charge in [0.2, 0.25) is 0 Å². The van der Waals surface area contributed by atoms with E-state index in [1.807, 2.05) is 0 Å². The fourth-order valence-electron chi connectivity index (χ4n) is 0.295. The molecule has 58 valence electrons. The zero-order chi connectivity index (χ0) is 6.62. The molecule has 0 aromatic heterocycles. The van der Waals surface area contributed by atoms with Gasteiger partial charge in [0.05, 0.1) is 13.2 Å². The molecule has 0 rings (SSSR count). The van der Waals surface area contributed by atoms with E-state index in [1.165, 1.54) is 13.8 Å². The number of rotatable bonds is 3. The Bertz CT molecular complexity index is 59.7. The highest BCUT2D eigenvalue weighted by molar-refractivity contribution is 5.85. The molecule has 0 atom stereocenters. The minimum Gasteiger partial charge on any atom is -0.394 e. The molecule has 0 aliphatic rings. The van der Waals surface area contributed by atoms with Crippen LogP contribution in [0.3, 0.4) is 0 Å². The molecule has 0 radical (unpaired) electrons. The van der Waals surface area contributed by atoms with Crippen molar-refractivity contribution in [1.82, 2.24) is 0 Å². The number of hydrogen-bond acceptors (Lipinski definition) is 3. The number of halogens is 1. The molecule has 0 spiro atoms. The van der Waals surface area contributed by atoms with E-state index >= 15 is 0 Å². The first-order chi connectivity index (χ1) is 3.56. The van der Waals surface area contributed by atoms with E-state index < -0.39 is 5.79 Å². The second-order valence-electron chi connectivity index (χ2n) is 2.02. The number of aliphatic hydroxyl groups excluding tert-OH is 1. The highest BCUT2D eigenvalue weighted by Crippen LogP contribution is 2.00. The van der Waals surface area contributed by atoms with Crippen LogP contribution in [0.25, 0.3) is 0 Å². The standard InChI is InChI=1S/C5H12O3.ClH/c1-5(2,7)8-4-3-6;/h6-7H,3-4H2,1-2H3;1H. The third-order valence-electron chi connectivity index (χ3n) is 0.547. The molecule has 0 aromatic carbocycles. The van der Waals surface area contributed by atoms with Crippen molar-refractivity contribution in [3.05, 3.63) is 0 Å². The summed E-state index contributed by atoms with van der Waals surface area (Å²) in [6, 6.07) is 0. The van der Waals surface area contributed by atoms with Crippen molar-refractivity contribution in [3.8, 4) is 0 Å². The van der Waals surface area contributed by atoms with Crippen LogP contribution in [0.5, 0.6) is 0 Å². The molecule has 3 nitrogen and oxygen atoms in total. The lowest BCUT2D eigenvalue weighted by atomic mass is 10.4. The van der Waals surface area contributed by atoms with Crippen LogP contribution in [0, 0.1) is 0 Å². The predicted octanol–water partition coefficient (Wildman–Crippen LogP) is 0.146. The second-order valence-corrected chi connectivity index (χ2v) is 2.02. The summed E-state index contributed by atoms with van der Waals surface area (Å²) in [6.07, 6.45) is 0. The minimum atomic E-state index is -1.11. The topological polar surface area (TPSA) is 49.7 Å². The molecule has 0 aliphatic heterocycles. The molecule has 0 aliphatic carbocycles. The molecule has 4 heteroatoms. The summed E-state index contributed by atoms with van der Waals surface area (Å²) in [4.78, 5) is 0. The van der Waals surface area contributed by atoms with Crippen molar-refractivity contribution in [2.75, 3.05) is 13.2 Å². The van der Waals surface area contributed by atoms with E-state index in [4.69, 9.17) is 10.2 Å². The first-order valence-corrected chi connectivity index (χ1v) is 2.53. The van der Waals surface area contributed by atoms with Gasteiger partial charge in [-0.05, 0) is 13.8 Å². The quantitative estimate of drug-likeness (QED) is 0.572. The maximum absolute atomic E-state index is 8.82. The number of ether oxygens (including phenoxy) is 1. The van der Waals surface area contributed by atoms with E-state index in [0.717, 1.165) is 0 Å². The zero-order valence-electron chi connectivity index (χ0n) is 5.63. The zero-order valence-corrected chi connectivity index (χ0v) is 6.44. The molecule has 0 amide bonds. The maximum Gasteiger partial charge on any atom is 0.159 e. The van der Waals surface area contributed by atoms with Gasteiger partial charge in [0, 0.05) is 0 Å². The summed E-state index contributed by atoms with van der Waals surface area (Å²) >= 11 is 0. The van der Waals surface area contributed by atoms with E-state index in [2.05, 4.69) is 4.74 Å². The maximum atomic E-state index is 8.82. The van der Waals surface area contributed by atoms with Gasteiger partial charge in [-0.1, -0.05) is 0 Å². The first kappa shape index (κ1) is 11.9. The molecule has 2 N–H and O–H groups in total. The van der Waals surface area contributed by atoms with E-state index in [9.17, 15) is 0 Å². The average molecular weight is 157 g/mol. The molecular weight excluding hydrogens is 144 g/mol. The Balaban J connectivity index is 0. The van der Waals surface area contributed by atoms with E-state index in [0.29, 0.717) is 0 Å². The highest BCUT2D eigenvalue weighted by atomic mass is 35.5. The molecule has 0 heterocycles. The van der Waals surface area contributed by atoms with Crippen LogP contribution in [0.4, 0.5) is 0 Å².